The Balaban J connectivity index is 2.36. The first-order valence-electron chi connectivity index (χ1n) is 6.62. The van der Waals surface area contributed by atoms with E-state index in [1.165, 1.54) is 6.07 Å². The molecule has 0 aliphatic rings. The first kappa shape index (κ1) is 14.6. The van der Waals surface area contributed by atoms with Crippen LogP contribution < -0.4 is 4.90 Å². The number of aryl methyl sites for hydroxylation is 2. The number of anilines is 1. The van der Waals surface area contributed by atoms with Gasteiger partial charge in [-0.05, 0) is 44.5 Å². The molecule has 0 saturated carbocycles. The SMILES string of the molecule is Cc1cc(N(C)Cc2ccoc2C)c(C(C)O)cc1F. The summed E-state index contributed by atoms with van der Waals surface area (Å²) in [5, 5.41) is 9.84. The summed E-state index contributed by atoms with van der Waals surface area (Å²) in [7, 11) is 1.92. The van der Waals surface area contributed by atoms with Crippen LogP contribution in [0.3, 0.4) is 0 Å². The molecule has 0 aliphatic heterocycles. The maximum atomic E-state index is 13.7. The van der Waals surface area contributed by atoms with Crippen LogP contribution in [0.15, 0.2) is 28.9 Å². The van der Waals surface area contributed by atoms with Gasteiger partial charge in [-0.15, -0.1) is 0 Å². The molecule has 1 unspecified atom stereocenters. The van der Waals surface area contributed by atoms with Crippen molar-refractivity contribution in [1.29, 1.82) is 0 Å². The Morgan fingerprint density at radius 3 is 2.60 bits per heavy atom. The number of nitrogens with zero attached hydrogens (tertiary/aromatic N) is 1. The molecule has 0 aliphatic carbocycles. The lowest BCUT2D eigenvalue weighted by Gasteiger charge is -2.24. The highest BCUT2D eigenvalue weighted by molar-refractivity contribution is 5.56. The Morgan fingerprint density at radius 2 is 2.05 bits per heavy atom. The summed E-state index contributed by atoms with van der Waals surface area (Å²) in [6.07, 6.45) is 0.942. The van der Waals surface area contributed by atoms with E-state index in [1.807, 2.05) is 24.9 Å². The predicted molar refractivity (Wildman–Crippen MR) is 77.3 cm³/mol. The van der Waals surface area contributed by atoms with Crippen molar-refractivity contribution in [3.63, 3.8) is 0 Å². The summed E-state index contributed by atoms with van der Waals surface area (Å²) in [4.78, 5) is 1.99. The lowest BCUT2D eigenvalue weighted by Crippen LogP contribution is -2.19. The number of aliphatic hydroxyl groups excluding tert-OH is 1. The van der Waals surface area contributed by atoms with Gasteiger partial charge in [-0.2, -0.15) is 0 Å². The topological polar surface area (TPSA) is 36.6 Å². The Bertz CT molecular complexity index is 605. The number of furan rings is 1. The summed E-state index contributed by atoms with van der Waals surface area (Å²) >= 11 is 0. The van der Waals surface area contributed by atoms with Gasteiger partial charge in [0.15, 0.2) is 0 Å². The molecule has 0 bridgehead atoms. The normalized spacial score (nSPS) is 12.5. The van der Waals surface area contributed by atoms with Crippen LogP contribution in [0.25, 0.3) is 0 Å². The monoisotopic (exact) mass is 277 g/mol. The molecule has 3 nitrogen and oxygen atoms in total. The minimum absolute atomic E-state index is 0.294. The lowest BCUT2D eigenvalue weighted by atomic mass is 10.0. The third-order valence-electron chi connectivity index (χ3n) is 3.54. The van der Waals surface area contributed by atoms with Gasteiger partial charge in [0.2, 0.25) is 0 Å². The van der Waals surface area contributed by atoms with Crippen molar-refractivity contribution in [1.82, 2.24) is 0 Å². The highest BCUT2D eigenvalue weighted by Gasteiger charge is 2.16. The second kappa shape index (κ2) is 5.67. The van der Waals surface area contributed by atoms with Gasteiger partial charge in [-0.3, -0.25) is 0 Å². The molecule has 1 atom stereocenters. The molecule has 1 aromatic carbocycles. The molecule has 2 aromatic rings. The Kier molecular flexibility index (Phi) is 4.14. The zero-order valence-electron chi connectivity index (χ0n) is 12.3. The molecule has 0 saturated heterocycles. The number of hydrogen-bond acceptors (Lipinski definition) is 3. The summed E-state index contributed by atoms with van der Waals surface area (Å²) in [6.45, 7) is 5.92. The molecule has 1 N–H and O–H groups in total. The Hall–Kier alpha value is -1.81. The first-order chi connectivity index (χ1) is 9.40. The van der Waals surface area contributed by atoms with Gasteiger partial charge in [-0.25, -0.2) is 4.39 Å². The highest BCUT2D eigenvalue weighted by Crippen LogP contribution is 2.30. The molecule has 0 amide bonds. The smallest absolute Gasteiger partial charge is 0.126 e. The van der Waals surface area contributed by atoms with Gasteiger partial charge in [0.05, 0.1) is 12.4 Å². The molecular weight excluding hydrogens is 257 g/mol. The van der Waals surface area contributed by atoms with Gasteiger partial charge in [-0.1, -0.05) is 0 Å². The fraction of sp³-hybridized carbons (Fsp3) is 0.375. The van der Waals surface area contributed by atoms with Gasteiger partial charge < -0.3 is 14.4 Å². The Morgan fingerprint density at radius 1 is 1.35 bits per heavy atom. The van der Waals surface area contributed by atoms with E-state index in [0.717, 1.165) is 17.0 Å². The van der Waals surface area contributed by atoms with Gasteiger partial charge in [0.25, 0.3) is 0 Å². The Labute approximate surface area is 118 Å². The molecule has 20 heavy (non-hydrogen) atoms. The van der Waals surface area contributed by atoms with Crippen LogP contribution in [0.5, 0.6) is 0 Å². The van der Waals surface area contributed by atoms with Crippen molar-refractivity contribution in [2.75, 3.05) is 11.9 Å². The van der Waals surface area contributed by atoms with Gasteiger partial charge >= 0.3 is 0 Å². The van der Waals surface area contributed by atoms with Crippen LogP contribution in [-0.2, 0) is 6.54 Å². The van der Waals surface area contributed by atoms with Crippen LogP contribution in [0.1, 0.15) is 35.5 Å². The van der Waals surface area contributed by atoms with Crippen LogP contribution >= 0.6 is 0 Å². The summed E-state index contributed by atoms with van der Waals surface area (Å²) in [5.41, 5.74) is 3.07. The van der Waals surface area contributed by atoms with E-state index in [9.17, 15) is 9.50 Å². The average Bonchev–Trinajstić information content (AvgIpc) is 2.77. The summed E-state index contributed by atoms with van der Waals surface area (Å²) in [5.74, 6) is 0.576. The van der Waals surface area contributed by atoms with Crippen molar-refractivity contribution in [2.45, 2.75) is 33.4 Å². The van der Waals surface area contributed by atoms with E-state index in [1.54, 1.807) is 26.2 Å². The maximum absolute atomic E-state index is 13.7. The fourth-order valence-corrected chi connectivity index (χ4v) is 2.26. The zero-order valence-corrected chi connectivity index (χ0v) is 12.3. The average molecular weight is 277 g/mol. The zero-order chi connectivity index (χ0) is 14.9. The molecule has 1 aromatic heterocycles. The third kappa shape index (κ3) is 2.85. The van der Waals surface area contributed by atoms with Crippen molar-refractivity contribution < 1.29 is 13.9 Å². The van der Waals surface area contributed by atoms with E-state index in [4.69, 9.17) is 4.42 Å². The maximum Gasteiger partial charge on any atom is 0.126 e. The van der Waals surface area contributed by atoms with Gasteiger partial charge in [0.1, 0.15) is 11.6 Å². The van der Waals surface area contributed by atoms with Crippen LogP contribution in [-0.4, -0.2) is 12.2 Å². The van der Waals surface area contributed by atoms with Crippen molar-refractivity contribution in [3.05, 3.63) is 52.7 Å². The molecule has 1 heterocycles. The number of hydrogen-bond donors (Lipinski definition) is 1. The standard InChI is InChI=1S/C16H20FNO2/c1-10-7-16(14(11(2)19)8-15(10)17)18(4)9-13-5-6-20-12(13)3/h5-8,11,19H,9H2,1-4H3. The van der Waals surface area contributed by atoms with E-state index >= 15 is 0 Å². The number of halogens is 1. The van der Waals surface area contributed by atoms with Crippen molar-refractivity contribution in [2.24, 2.45) is 0 Å². The first-order valence-corrected chi connectivity index (χ1v) is 6.62. The molecule has 4 heteroatoms. The van der Waals surface area contributed by atoms with Crippen LogP contribution in [0.2, 0.25) is 0 Å². The summed E-state index contributed by atoms with van der Waals surface area (Å²) in [6, 6.07) is 5.10. The molecule has 0 spiro atoms. The minimum atomic E-state index is -0.715. The van der Waals surface area contributed by atoms with Crippen molar-refractivity contribution in [3.8, 4) is 0 Å². The quantitative estimate of drug-likeness (QED) is 0.925. The molecule has 0 radical (unpaired) electrons. The number of aliphatic hydroxyl groups is 1. The van der Waals surface area contributed by atoms with E-state index in [2.05, 4.69) is 0 Å². The number of rotatable bonds is 4. The third-order valence-corrected chi connectivity index (χ3v) is 3.54. The van der Waals surface area contributed by atoms with E-state index in [0.29, 0.717) is 17.7 Å². The second-order valence-corrected chi connectivity index (χ2v) is 5.19. The van der Waals surface area contributed by atoms with E-state index < -0.39 is 6.10 Å². The minimum Gasteiger partial charge on any atom is -0.469 e. The predicted octanol–water partition coefficient (Wildman–Crippen LogP) is 3.73. The van der Waals surface area contributed by atoms with Gasteiger partial charge in [0, 0.05) is 30.4 Å². The van der Waals surface area contributed by atoms with Crippen molar-refractivity contribution >= 4 is 5.69 Å². The summed E-state index contributed by atoms with van der Waals surface area (Å²) < 4.78 is 19.0. The fourth-order valence-electron chi connectivity index (χ4n) is 2.26. The lowest BCUT2D eigenvalue weighted by molar-refractivity contribution is 0.199. The van der Waals surface area contributed by atoms with E-state index in [-0.39, 0.29) is 5.82 Å². The largest absolute Gasteiger partial charge is 0.469 e. The number of benzene rings is 1. The molecule has 2 rings (SSSR count). The molecule has 0 fully saturated rings. The second-order valence-electron chi connectivity index (χ2n) is 5.19. The molecule has 108 valence electrons. The van der Waals surface area contributed by atoms with Crippen LogP contribution in [0.4, 0.5) is 10.1 Å². The van der Waals surface area contributed by atoms with Crippen LogP contribution in [0, 0.1) is 19.7 Å². The molecular formula is C16H20FNO2. The highest BCUT2D eigenvalue weighted by atomic mass is 19.1.